The van der Waals surface area contributed by atoms with Crippen LogP contribution in [-0.4, -0.2) is 33.5 Å². The second-order valence-corrected chi connectivity index (χ2v) is 6.89. The number of nitrogens with zero attached hydrogens (tertiary/aromatic N) is 1. The molecule has 1 aromatic rings. The third kappa shape index (κ3) is 9.08. The molecular formula is C14H26IN5O2S. The van der Waals surface area contributed by atoms with Crippen molar-refractivity contribution >= 4 is 45.8 Å². The van der Waals surface area contributed by atoms with Crippen LogP contribution in [0.2, 0.25) is 0 Å². The van der Waals surface area contributed by atoms with E-state index in [1.807, 2.05) is 32.0 Å². The number of aryl methyl sites for hydroxylation is 2. The van der Waals surface area contributed by atoms with Crippen molar-refractivity contribution in [1.29, 1.82) is 0 Å². The molecule has 0 aliphatic heterocycles. The molecule has 23 heavy (non-hydrogen) atoms. The lowest BCUT2D eigenvalue weighted by molar-refractivity contribution is 0.555. The second kappa shape index (κ2) is 10.1. The van der Waals surface area contributed by atoms with Crippen molar-refractivity contribution in [3.8, 4) is 0 Å². The molecule has 0 spiro atoms. The molecule has 0 saturated heterocycles. The minimum Gasteiger partial charge on any atom is -0.370 e. The quantitative estimate of drug-likeness (QED) is 0.216. The highest BCUT2D eigenvalue weighted by Crippen LogP contribution is 2.13. The van der Waals surface area contributed by atoms with Crippen LogP contribution in [0, 0.1) is 13.8 Å². The van der Waals surface area contributed by atoms with Crippen molar-refractivity contribution in [3.05, 3.63) is 29.3 Å². The summed E-state index contributed by atoms with van der Waals surface area (Å²) in [5.41, 5.74) is 8.98. The fourth-order valence-corrected chi connectivity index (χ4v) is 2.78. The standard InChI is InChI=1S/C14H25N5O2S.HI/c1-10(2)19-22(20,21)17-8-7-16-14(15)18-13-6-5-11(3)12(4)9-13;/h5-6,9-10,17,19H,7-8H2,1-4H3,(H3,15,16,18);1H. The predicted octanol–water partition coefficient (Wildman–Crippen LogP) is 1.48. The third-order valence-electron chi connectivity index (χ3n) is 2.86. The molecule has 1 aromatic carbocycles. The van der Waals surface area contributed by atoms with Crippen LogP contribution < -0.4 is 20.5 Å². The smallest absolute Gasteiger partial charge is 0.277 e. The van der Waals surface area contributed by atoms with Gasteiger partial charge in [0, 0.05) is 18.3 Å². The maximum atomic E-state index is 11.5. The van der Waals surface area contributed by atoms with Gasteiger partial charge in [-0.1, -0.05) is 6.07 Å². The minimum absolute atomic E-state index is 0. The summed E-state index contributed by atoms with van der Waals surface area (Å²) in [4.78, 5) is 4.08. The Labute approximate surface area is 155 Å². The zero-order valence-electron chi connectivity index (χ0n) is 13.9. The summed E-state index contributed by atoms with van der Waals surface area (Å²) in [5, 5.41) is 2.97. The summed E-state index contributed by atoms with van der Waals surface area (Å²) < 4.78 is 27.9. The number of hydrogen-bond acceptors (Lipinski definition) is 3. The van der Waals surface area contributed by atoms with Crippen LogP contribution in [0.15, 0.2) is 23.2 Å². The van der Waals surface area contributed by atoms with Crippen LogP contribution in [0.5, 0.6) is 0 Å². The van der Waals surface area contributed by atoms with Crippen molar-refractivity contribution in [2.75, 3.05) is 18.4 Å². The summed E-state index contributed by atoms with van der Waals surface area (Å²) >= 11 is 0. The van der Waals surface area contributed by atoms with Crippen LogP contribution >= 0.6 is 24.0 Å². The Morgan fingerprint density at radius 1 is 1.26 bits per heavy atom. The van der Waals surface area contributed by atoms with Gasteiger partial charge in [-0.15, -0.1) is 24.0 Å². The van der Waals surface area contributed by atoms with Gasteiger partial charge in [0.05, 0.1) is 6.54 Å². The van der Waals surface area contributed by atoms with Crippen LogP contribution in [0.3, 0.4) is 0 Å². The molecule has 132 valence electrons. The van der Waals surface area contributed by atoms with E-state index < -0.39 is 10.2 Å². The molecule has 0 atom stereocenters. The topological polar surface area (TPSA) is 109 Å². The summed E-state index contributed by atoms with van der Waals surface area (Å²) in [6.45, 7) is 7.99. The van der Waals surface area contributed by atoms with Crippen molar-refractivity contribution < 1.29 is 8.42 Å². The number of nitrogens with one attached hydrogen (secondary N) is 3. The Balaban J connectivity index is 0.00000484. The first kappa shape index (κ1) is 22.1. The van der Waals surface area contributed by atoms with Crippen LogP contribution in [-0.2, 0) is 10.2 Å². The van der Waals surface area contributed by atoms with E-state index in [2.05, 4.69) is 19.8 Å². The van der Waals surface area contributed by atoms with Gasteiger partial charge in [0.1, 0.15) is 0 Å². The van der Waals surface area contributed by atoms with Crippen LogP contribution in [0.1, 0.15) is 25.0 Å². The number of rotatable bonds is 7. The maximum Gasteiger partial charge on any atom is 0.277 e. The van der Waals surface area contributed by atoms with E-state index in [1.165, 1.54) is 5.56 Å². The van der Waals surface area contributed by atoms with Crippen molar-refractivity contribution in [2.45, 2.75) is 33.7 Å². The molecule has 0 aliphatic rings. The molecule has 0 unspecified atom stereocenters. The first-order valence-corrected chi connectivity index (χ1v) is 8.59. The van der Waals surface area contributed by atoms with E-state index in [0.717, 1.165) is 11.3 Å². The number of halogens is 1. The first-order valence-electron chi connectivity index (χ1n) is 7.11. The molecule has 9 heteroatoms. The van der Waals surface area contributed by atoms with E-state index in [4.69, 9.17) is 5.73 Å². The first-order chi connectivity index (χ1) is 10.2. The molecule has 0 fully saturated rings. The van der Waals surface area contributed by atoms with Gasteiger partial charge in [0.15, 0.2) is 5.96 Å². The Morgan fingerprint density at radius 3 is 2.48 bits per heavy atom. The molecule has 1 rings (SSSR count). The minimum atomic E-state index is -3.48. The molecule has 0 bridgehead atoms. The van der Waals surface area contributed by atoms with E-state index in [9.17, 15) is 8.42 Å². The van der Waals surface area contributed by atoms with Gasteiger partial charge < -0.3 is 11.1 Å². The van der Waals surface area contributed by atoms with Crippen molar-refractivity contribution in [3.63, 3.8) is 0 Å². The summed E-state index contributed by atoms with van der Waals surface area (Å²) in [5.74, 6) is 0.249. The van der Waals surface area contributed by atoms with Gasteiger partial charge in [-0.05, 0) is 51.0 Å². The molecule has 0 saturated carbocycles. The Kier molecular flexibility index (Phi) is 9.66. The predicted molar refractivity (Wildman–Crippen MR) is 107 cm³/mol. The molecular weight excluding hydrogens is 429 g/mol. The Morgan fingerprint density at radius 2 is 1.91 bits per heavy atom. The third-order valence-corrected chi connectivity index (χ3v) is 4.22. The lowest BCUT2D eigenvalue weighted by Gasteiger charge is -2.10. The molecule has 5 N–H and O–H groups in total. The fraction of sp³-hybridized carbons (Fsp3) is 0.500. The van der Waals surface area contributed by atoms with Crippen molar-refractivity contribution in [1.82, 2.24) is 9.44 Å². The largest absolute Gasteiger partial charge is 0.370 e. The Bertz CT molecular complexity index is 632. The van der Waals surface area contributed by atoms with E-state index in [0.29, 0.717) is 0 Å². The van der Waals surface area contributed by atoms with Crippen LogP contribution in [0.4, 0.5) is 5.69 Å². The lowest BCUT2D eigenvalue weighted by atomic mass is 10.1. The summed E-state index contributed by atoms with van der Waals surface area (Å²) in [6, 6.07) is 5.74. The van der Waals surface area contributed by atoms with Crippen LogP contribution in [0.25, 0.3) is 0 Å². The maximum absolute atomic E-state index is 11.5. The number of aliphatic imine (C=N–C) groups is 1. The fourth-order valence-electron chi connectivity index (χ4n) is 1.71. The number of benzene rings is 1. The number of hydrogen-bond donors (Lipinski definition) is 4. The molecule has 0 amide bonds. The van der Waals surface area contributed by atoms with E-state index >= 15 is 0 Å². The van der Waals surface area contributed by atoms with Gasteiger partial charge in [0.2, 0.25) is 0 Å². The molecule has 0 radical (unpaired) electrons. The SMILES string of the molecule is Cc1ccc(NC(N)=NCCNS(=O)(=O)NC(C)C)cc1C.I. The molecule has 0 aliphatic carbocycles. The average Bonchev–Trinajstić information content (AvgIpc) is 2.37. The van der Waals surface area contributed by atoms with Crippen molar-refractivity contribution in [2.24, 2.45) is 10.7 Å². The zero-order chi connectivity index (χ0) is 16.8. The molecule has 0 heterocycles. The van der Waals surface area contributed by atoms with Gasteiger partial charge in [-0.2, -0.15) is 13.1 Å². The lowest BCUT2D eigenvalue weighted by Crippen LogP contribution is -2.41. The number of nitrogens with two attached hydrogens (primary N) is 1. The number of guanidine groups is 1. The van der Waals surface area contributed by atoms with Gasteiger partial charge in [0.25, 0.3) is 10.2 Å². The summed E-state index contributed by atoms with van der Waals surface area (Å²) in [7, 11) is -3.48. The normalized spacial score (nSPS) is 12.1. The molecule has 7 nitrogen and oxygen atoms in total. The highest BCUT2D eigenvalue weighted by atomic mass is 127. The average molecular weight is 455 g/mol. The van der Waals surface area contributed by atoms with E-state index in [1.54, 1.807) is 13.8 Å². The van der Waals surface area contributed by atoms with E-state index in [-0.39, 0.29) is 49.1 Å². The Hall–Kier alpha value is -0.910. The highest BCUT2D eigenvalue weighted by Gasteiger charge is 2.09. The van der Waals surface area contributed by atoms with Gasteiger partial charge in [-0.3, -0.25) is 4.99 Å². The highest BCUT2D eigenvalue weighted by molar-refractivity contribution is 14.0. The van der Waals surface area contributed by atoms with Gasteiger partial charge >= 0.3 is 0 Å². The monoisotopic (exact) mass is 455 g/mol. The summed E-state index contributed by atoms with van der Waals surface area (Å²) in [6.07, 6.45) is 0. The molecule has 0 aromatic heterocycles. The second-order valence-electron chi connectivity index (χ2n) is 5.36. The number of anilines is 1. The van der Waals surface area contributed by atoms with Gasteiger partial charge in [-0.25, -0.2) is 4.72 Å². The zero-order valence-corrected chi connectivity index (χ0v) is 17.0.